The van der Waals surface area contributed by atoms with Crippen molar-refractivity contribution in [1.29, 1.82) is 0 Å². The van der Waals surface area contributed by atoms with E-state index < -0.39 is 0 Å². The number of benzene rings is 1. The first-order valence-electron chi connectivity index (χ1n) is 6.12. The average Bonchev–Trinajstić information content (AvgIpc) is 2.32. The van der Waals surface area contributed by atoms with Crippen LogP contribution in [-0.2, 0) is 11.3 Å². The Labute approximate surface area is 103 Å². The van der Waals surface area contributed by atoms with Gasteiger partial charge in [-0.15, -0.1) is 0 Å². The number of aryl methyl sites for hydroxylation is 1. The lowest BCUT2D eigenvalue weighted by atomic mass is 9.96. The molecule has 0 fully saturated rings. The third-order valence-corrected chi connectivity index (χ3v) is 3.36. The molecule has 3 heteroatoms. The van der Waals surface area contributed by atoms with E-state index in [0.717, 1.165) is 24.0 Å². The van der Waals surface area contributed by atoms with Crippen LogP contribution in [0.25, 0.3) is 0 Å². The molecule has 0 aliphatic rings. The monoisotopic (exact) mass is 239 g/mol. The van der Waals surface area contributed by atoms with Gasteiger partial charge in [0.25, 0.3) is 0 Å². The number of hydrogen-bond donors (Lipinski definition) is 1. The van der Waals surface area contributed by atoms with E-state index in [1.165, 1.54) is 12.1 Å². The zero-order valence-corrected chi connectivity index (χ0v) is 10.9. The standard InChI is InChI=1S/C14H22FNO/c1-4-14(16,5-2)10-17-9-12-6-7-13(15)8-11(12)3/h6-8H,4-5,9-10,16H2,1-3H3. The summed E-state index contributed by atoms with van der Waals surface area (Å²) in [7, 11) is 0. The van der Waals surface area contributed by atoms with E-state index in [2.05, 4.69) is 13.8 Å². The zero-order valence-electron chi connectivity index (χ0n) is 10.9. The molecule has 2 nitrogen and oxygen atoms in total. The Morgan fingerprint density at radius 2 is 1.94 bits per heavy atom. The molecule has 1 aromatic carbocycles. The minimum Gasteiger partial charge on any atom is -0.375 e. The van der Waals surface area contributed by atoms with Crippen LogP contribution in [0.4, 0.5) is 4.39 Å². The van der Waals surface area contributed by atoms with Gasteiger partial charge >= 0.3 is 0 Å². The van der Waals surface area contributed by atoms with Crippen LogP contribution in [0.5, 0.6) is 0 Å². The molecule has 0 aliphatic carbocycles. The van der Waals surface area contributed by atoms with Crippen molar-refractivity contribution in [3.8, 4) is 0 Å². The second-order valence-electron chi connectivity index (χ2n) is 4.63. The lowest BCUT2D eigenvalue weighted by molar-refractivity contribution is 0.0693. The number of rotatable bonds is 6. The highest BCUT2D eigenvalue weighted by Crippen LogP contribution is 2.15. The highest BCUT2D eigenvalue weighted by Gasteiger charge is 2.20. The maximum absolute atomic E-state index is 12.9. The molecular weight excluding hydrogens is 217 g/mol. The lowest BCUT2D eigenvalue weighted by Crippen LogP contribution is -2.43. The van der Waals surface area contributed by atoms with E-state index in [0.29, 0.717) is 13.2 Å². The molecule has 1 rings (SSSR count). The summed E-state index contributed by atoms with van der Waals surface area (Å²) in [6.45, 7) is 7.05. The summed E-state index contributed by atoms with van der Waals surface area (Å²) >= 11 is 0. The predicted molar refractivity (Wildman–Crippen MR) is 68.3 cm³/mol. The molecule has 0 radical (unpaired) electrons. The van der Waals surface area contributed by atoms with E-state index in [1.807, 2.05) is 6.92 Å². The topological polar surface area (TPSA) is 35.2 Å². The minimum absolute atomic E-state index is 0.207. The Balaban J connectivity index is 2.51. The maximum atomic E-state index is 12.9. The highest BCUT2D eigenvalue weighted by molar-refractivity contribution is 5.25. The van der Waals surface area contributed by atoms with Gasteiger partial charge in [0.2, 0.25) is 0 Å². The second-order valence-corrected chi connectivity index (χ2v) is 4.63. The lowest BCUT2D eigenvalue weighted by Gasteiger charge is -2.26. The Bertz CT molecular complexity index is 361. The van der Waals surface area contributed by atoms with E-state index in [9.17, 15) is 4.39 Å². The van der Waals surface area contributed by atoms with Crippen molar-refractivity contribution < 1.29 is 9.13 Å². The Morgan fingerprint density at radius 3 is 2.47 bits per heavy atom. The van der Waals surface area contributed by atoms with Gasteiger partial charge in [0.15, 0.2) is 0 Å². The van der Waals surface area contributed by atoms with Crippen molar-refractivity contribution in [2.75, 3.05) is 6.61 Å². The minimum atomic E-state index is -0.242. The van der Waals surface area contributed by atoms with Crippen LogP contribution < -0.4 is 5.73 Å². The van der Waals surface area contributed by atoms with Gasteiger partial charge in [-0.3, -0.25) is 0 Å². The van der Waals surface area contributed by atoms with Crippen LogP contribution >= 0.6 is 0 Å². The number of hydrogen-bond acceptors (Lipinski definition) is 2. The second kappa shape index (κ2) is 6.12. The first-order valence-corrected chi connectivity index (χ1v) is 6.12. The van der Waals surface area contributed by atoms with Crippen LogP contribution in [0, 0.1) is 12.7 Å². The van der Waals surface area contributed by atoms with Crippen molar-refractivity contribution in [2.24, 2.45) is 5.73 Å². The molecule has 1 aromatic rings. The van der Waals surface area contributed by atoms with Crippen molar-refractivity contribution in [1.82, 2.24) is 0 Å². The van der Waals surface area contributed by atoms with E-state index >= 15 is 0 Å². The number of halogens is 1. The fourth-order valence-electron chi connectivity index (χ4n) is 1.64. The largest absolute Gasteiger partial charge is 0.375 e. The first kappa shape index (κ1) is 14.1. The van der Waals surface area contributed by atoms with Gasteiger partial charge in [0.1, 0.15) is 5.82 Å². The third-order valence-electron chi connectivity index (χ3n) is 3.36. The van der Waals surface area contributed by atoms with Crippen LogP contribution in [0.2, 0.25) is 0 Å². The van der Waals surface area contributed by atoms with Gasteiger partial charge in [0.05, 0.1) is 13.2 Å². The quantitative estimate of drug-likeness (QED) is 0.827. The fourth-order valence-corrected chi connectivity index (χ4v) is 1.64. The summed E-state index contributed by atoms with van der Waals surface area (Å²) in [5, 5.41) is 0. The Hall–Kier alpha value is -0.930. The third kappa shape index (κ3) is 4.10. The molecule has 0 saturated carbocycles. The van der Waals surface area contributed by atoms with Gasteiger partial charge in [-0.1, -0.05) is 19.9 Å². The molecule has 2 N–H and O–H groups in total. The van der Waals surface area contributed by atoms with Gasteiger partial charge in [-0.25, -0.2) is 4.39 Å². The van der Waals surface area contributed by atoms with Crippen molar-refractivity contribution in [3.63, 3.8) is 0 Å². The maximum Gasteiger partial charge on any atom is 0.123 e. The summed E-state index contributed by atoms with van der Waals surface area (Å²) in [6.07, 6.45) is 1.79. The summed E-state index contributed by atoms with van der Waals surface area (Å²) in [4.78, 5) is 0. The molecule has 17 heavy (non-hydrogen) atoms. The molecule has 0 bridgehead atoms. The van der Waals surface area contributed by atoms with Crippen LogP contribution in [-0.4, -0.2) is 12.1 Å². The van der Waals surface area contributed by atoms with Gasteiger partial charge in [0, 0.05) is 5.54 Å². The number of ether oxygens (including phenoxy) is 1. The van der Waals surface area contributed by atoms with Gasteiger partial charge < -0.3 is 10.5 Å². The molecule has 0 atom stereocenters. The number of nitrogens with two attached hydrogens (primary N) is 1. The molecule has 0 amide bonds. The SMILES string of the molecule is CCC(N)(CC)COCc1ccc(F)cc1C. The molecule has 0 spiro atoms. The molecular formula is C14H22FNO. The van der Waals surface area contributed by atoms with Crippen LogP contribution in [0.1, 0.15) is 37.8 Å². The smallest absolute Gasteiger partial charge is 0.123 e. The predicted octanol–water partition coefficient (Wildman–Crippen LogP) is 3.17. The van der Waals surface area contributed by atoms with Crippen molar-refractivity contribution in [2.45, 2.75) is 45.8 Å². The summed E-state index contributed by atoms with van der Waals surface area (Å²) in [6, 6.07) is 4.75. The normalized spacial score (nSPS) is 11.8. The molecule has 0 saturated heterocycles. The first-order chi connectivity index (χ1) is 8.00. The molecule has 0 aliphatic heterocycles. The zero-order chi connectivity index (χ0) is 12.9. The summed E-state index contributed by atoms with van der Waals surface area (Å²) < 4.78 is 18.5. The fraction of sp³-hybridized carbons (Fsp3) is 0.571. The Morgan fingerprint density at radius 1 is 1.29 bits per heavy atom. The molecule has 96 valence electrons. The Kier molecular flexibility index (Phi) is 5.09. The summed E-state index contributed by atoms with van der Waals surface area (Å²) in [5.41, 5.74) is 7.83. The van der Waals surface area contributed by atoms with E-state index in [-0.39, 0.29) is 11.4 Å². The van der Waals surface area contributed by atoms with Crippen LogP contribution in [0.3, 0.4) is 0 Å². The van der Waals surface area contributed by atoms with Crippen LogP contribution in [0.15, 0.2) is 18.2 Å². The molecule has 0 aromatic heterocycles. The van der Waals surface area contributed by atoms with Gasteiger partial charge in [-0.05, 0) is 43.0 Å². The molecule has 0 unspecified atom stereocenters. The molecule has 0 heterocycles. The van der Waals surface area contributed by atoms with E-state index in [4.69, 9.17) is 10.5 Å². The highest BCUT2D eigenvalue weighted by atomic mass is 19.1. The van der Waals surface area contributed by atoms with E-state index in [1.54, 1.807) is 6.07 Å². The van der Waals surface area contributed by atoms with Crippen molar-refractivity contribution >= 4 is 0 Å². The average molecular weight is 239 g/mol. The van der Waals surface area contributed by atoms with Gasteiger partial charge in [-0.2, -0.15) is 0 Å². The summed E-state index contributed by atoms with van der Waals surface area (Å²) in [5.74, 6) is -0.207. The van der Waals surface area contributed by atoms with Crippen molar-refractivity contribution in [3.05, 3.63) is 35.1 Å².